The number of aliphatic hydroxyl groups is 4. The van der Waals surface area contributed by atoms with Crippen molar-refractivity contribution in [1.82, 2.24) is 5.32 Å². The fourth-order valence-corrected chi connectivity index (χ4v) is 1.79. The van der Waals surface area contributed by atoms with E-state index < -0.39 is 67.1 Å². The number of ether oxygens (including phenoxy) is 1. The zero-order chi connectivity index (χ0) is 19.0. The highest BCUT2D eigenvalue weighted by Gasteiger charge is 2.37. The lowest BCUT2D eigenvalue weighted by molar-refractivity contribution is -0.153. The molecule has 6 N–H and O–H groups in total. The van der Waals surface area contributed by atoms with Gasteiger partial charge in [0.05, 0.1) is 12.1 Å². The van der Waals surface area contributed by atoms with Gasteiger partial charge in [-0.1, -0.05) is 0 Å². The summed E-state index contributed by atoms with van der Waals surface area (Å²) in [6.45, 7) is 1.41. The van der Waals surface area contributed by atoms with Crippen molar-refractivity contribution in [2.75, 3.05) is 6.61 Å². The minimum Gasteiger partial charge on any atom is -0.475 e. The Morgan fingerprint density at radius 3 is 1.92 bits per heavy atom. The van der Waals surface area contributed by atoms with E-state index in [1.807, 2.05) is 0 Å². The summed E-state index contributed by atoms with van der Waals surface area (Å²) in [5.74, 6) is -4.69. The molecular formula is C13H21NO10. The summed E-state index contributed by atoms with van der Waals surface area (Å²) in [6.07, 6.45) is -8.47. The van der Waals surface area contributed by atoms with Gasteiger partial charge >= 0.3 is 11.9 Å². The highest BCUT2D eigenvalue weighted by molar-refractivity contribution is 6.32. The van der Waals surface area contributed by atoms with Gasteiger partial charge in [-0.25, -0.2) is 4.79 Å². The number of rotatable bonds is 10. The molecule has 0 aromatic carbocycles. The van der Waals surface area contributed by atoms with Crippen LogP contribution in [-0.2, 0) is 23.9 Å². The normalized spacial score (nSPS) is 17.1. The van der Waals surface area contributed by atoms with Gasteiger partial charge in [-0.3, -0.25) is 14.4 Å². The average Bonchev–Trinajstić information content (AvgIpc) is 2.48. The number of carboxylic acid groups (broad SMARTS) is 1. The number of amides is 1. The maximum absolute atomic E-state index is 11.1. The first-order valence-electron chi connectivity index (χ1n) is 6.86. The fourth-order valence-electron chi connectivity index (χ4n) is 1.79. The Labute approximate surface area is 136 Å². The zero-order valence-electron chi connectivity index (χ0n) is 13.1. The number of carbonyl (C=O) groups is 4. The second-order valence-electron chi connectivity index (χ2n) is 5.08. The van der Waals surface area contributed by atoms with Crippen LogP contribution in [0.25, 0.3) is 0 Å². The van der Waals surface area contributed by atoms with Gasteiger partial charge in [0.1, 0.15) is 24.9 Å². The number of Topliss-reactive ketones (excluding diaryl/α,β-unsaturated/α-hetero) is 1. The quantitative estimate of drug-likeness (QED) is 0.170. The van der Waals surface area contributed by atoms with E-state index in [0.717, 1.165) is 13.8 Å². The molecule has 11 nitrogen and oxygen atoms in total. The molecule has 0 radical (unpaired) electrons. The van der Waals surface area contributed by atoms with Gasteiger partial charge in [0, 0.05) is 20.3 Å². The van der Waals surface area contributed by atoms with Gasteiger partial charge in [0.2, 0.25) is 11.7 Å². The molecule has 24 heavy (non-hydrogen) atoms. The SMILES string of the molecule is CC(=O)N[C@@H]([C@@H](O)[C@H](O)[C@H](O)COC(C)=O)[C@@H](O)CC(=O)C(=O)O. The number of carboxylic acids is 1. The van der Waals surface area contributed by atoms with Gasteiger partial charge in [-0.15, -0.1) is 0 Å². The molecule has 0 spiro atoms. The molecule has 0 aromatic heterocycles. The Balaban J connectivity index is 5.06. The smallest absolute Gasteiger partial charge is 0.372 e. The Hall–Kier alpha value is -2.08. The number of aliphatic hydroxyl groups excluding tert-OH is 4. The lowest BCUT2D eigenvalue weighted by atomic mass is 9.94. The van der Waals surface area contributed by atoms with Crippen molar-refractivity contribution in [2.45, 2.75) is 50.7 Å². The first kappa shape index (κ1) is 21.9. The third kappa shape index (κ3) is 7.46. The van der Waals surface area contributed by atoms with E-state index in [4.69, 9.17) is 5.11 Å². The largest absolute Gasteiger partial charge is 0.475 e. The summed E-state index contributed by atoms with van der Waals surface area (Å²) >= 11 is 0. The van der Waals surface area contributed by atoms with E-state index >= 15 is 0 Å². The van der Waals surface area contributed by atoms with Crippen LogP contribution in [0, 0.1) is 0 Å². The summed E-state index contributed by atoms with van der Waals surface area (Å²) in [4.78, 5) is 43.4. The fraction of sp³-hybridized carbons (Fsp3) is 0.692. The second kappa shape index (κ2) is 9.93. The van der Waals surface area contributed by atoms with Crippen molar-refractivity contribution in [1.29, 1.82) is 0 Å². The Morgan fingerprint density at radius 1 is 0.958 bits per heavy atom. The van der Waals surface area contributed by atoms with Crippen LogP contribution < -0.4 is 5.32 Å². The molecule has 0 aliphatic heterocycles. The van der Waals surface area contributed by atoms with Crippen molar-refractivity contribution in [3.05, 3.63) is 0 Å². The summed E-state index contributed by atoms with van der Waals surface area (Å²) in [6, 6.07) is -1.65. The van der Waals surface area contributed by atoms with Crippen LogP contribution in [0.3, 0.4) is 0 Å². The van der Waals surface area contributed by atoms with Crippen molar-refractivity contribution in [2.24, 2.45) is 0 Å². The molecule has 1 amide bonds. The molecule has 11 heteroatoms. The molecule has 0 aliphatic carbocycles. The molecule has 138 valence electrons. The van der Waals surface area contributed by atoms with E-state index in [0.29, 0.717) is 0 Å². The van der Waals surface area contributed by atoms with E-state index in [9.17, 15) is 39.6 Å². The van der Waals surface area contributed by atoms with E-state index in [1.165, 1.54) is 0 Å². The van der Waals surface area contributed by atoms with Crippen molar-refractivity contribution >= 4 is 23.6 Å². The number of esters is 1. The number of nitrogens with one attached hydrogen (secondary N) is 1. The van der Waals surface area contributed by atoms with Crippen LogP contribution in [0.1, 0.15) is 20.3 Å². The number of hydrogen-bond acceptors (Lipinski definition) is 9. The number of hydrogen-bond donors (Lipinski definition) is 6. The molecule has 0 saturated carbocycles. The molecule has 5 atom stereocenters. The molecule has 0 saturated heterocycles. The van der Waals surface area contributed by atoms with Crippen LogP contribution in [0.15, 0.2) is 0 Å². The van der Waals surface area contributed by atoms with Gasteiger partial charge in [0.25, 0.3) is 0 Å². The van der Waals surface area contributed by atoms with Crippen molar-refractivity contribution in [3.8, 4) is 0 Å². The topological polar surface area (TPSA) is 191 Å². The standard InChI is InChI=1S/C13H21NO10/c1-5(15)14-10(7(17)3-8(18)13(22)23)12(21)11(20)9(19)4-24-6(2)16/h7,9-12,17,19-21H,3-4H2,1-2H3,(H,14,15)(H,22,23)/t7-,9+,10+,11+,12+/m0/s1. The van der Waals surface area contributed by atoms with Gasteiger partial charge in [-0.05, 0) is 0 Å². The molecule has 0 aliphatic rings. The lowest BCUT2D eigenvalue weighted by Gasteiger charge is -2.32. The van der Waals surface area contributed by atoms with Crippen LogP contribution in [0.5, 0.6) is 0 Å². The minimum atomic E-state index is -1.98. The third-order valence-electron chi connectivity index (χ3n) is 2.99. The maximum Gasteiger partial charge on any atom is 0.372 e. The molecule has 0 rings (SSSR count). The molecule has 0 aromatic rings. The predicted octanol–water partition coefficient (Wildman–Crippen LogP) is -3.46. The summed E-state index contributed by atoms with van der Waals surface area (Å²) in [5, 5.41) is 49.9. The molecular weight excluding hydrogens is 330 g/mol. The Bertz CT molecular complexity index is 479. The van der Waals surface area contributed by atoms with E-state index in [-0.39, 0.29) is 0 Å². The van der Waals surface area contributed by atoms with Crippen LogP contribution in [-0.4, -0.2) is 86.2 Å². The molecule has 0 unspecified atom stereocenters. The Kier molecular flexibility index (Phi) is 9.07. The predicted molar refractivity (Wildman–Crippen MR) is 75.5 cm³/mol. The summed E-state index contributed by atoms with van der Waals surface area (Å²) < 4.78 is 4.45. The van der Waals surface area contributed by atoms with Crippen LogP contribution in [0.2, 0.25) is 0 Å². The Morgan fingerprint density at radius 2 is 1.50 bits per heavy atom. The first-order valence-corrected chi connectivity index (χ1v) is 6.86. The van der Waals surface area contributed by atoms with Gasteiger partial charge in [-0.2, -0.15) is 0 Å². The molecule has 0 fully saturated rings. The van der Waals surface area contributed by atoms with Gasteiger partial charge < -0.3 is 35.6 Å². The van der Waals surface area contributed by atoms with E-state index in [2.05, 4.69) is 10.1 Å². The lowest BCUT2D eigenvalue weighted by Crippen LogP contribution is -2.57. The highest BCUT2D eigenvalue weighted by Crippen LogP contribution is 2.12. The number of ketones is 1. The van der Waals surface area contributed by atoms with E-state index in [1.54, 1.807) is 0 Å². The zero-order valence-corrected chi connectivity index (χ0v) is 13.1. The first-order chi connectivity index (χ1) is 11.0. The van der Waals surface area contributed by atoms with Crippen LogP contribution >= 0.6 is 0 Å². The van der Waals surface area contributed by atoms with Crippen molar-refractivity contribution in [3.63, 3.8) is 0 Å². The monoisotopic (exact) mass is 351 g/mol. The maximum atomic E-state index is 11.1. The average molecular weight is 351 g/mol. The third-order valence-corrected chi connectivity index (χ3v) is 2.99. The second-order valence-corrected chi connectivity index (χ2v) is 5.08. The van der Waals surface area contributed by atoms with Gasteiger partial charge in [0.15, 0.2) is 0 Å². The molecule has 0 bridgehead atoms. The minimum absolute atomic E-state index is 0.662. The summed E-state index contributed by atoms with van der Waals surface area (Å²) in [5.41, 5.74) is 0. The highest BCUT2D eigenvalue weighted by atomic mass is 16.5. The summed E-state index contributed by atoms with van der Waals surface area (Å²) in [7, 11) is 0. The number of aliphatic carboxylic acids is 1. The van der Waals surface area contributed by atoms with Crippen LogP contribution in [0.4, 0.5) is 0 Å². The molecule has 0 heterocycles. The number of carbonyl (C=O) groups excluding carboxylic acids is 3. The van der Waals surface area contributed by atoms with Crippen molar-refractivity contribution < 1.29 is 49.4 Å².